The van der Waals surface area contributed by atoms with E-state index in [-0.39, 0.29) is 29.1 Å². The average molecular weight is 221 g/mol. The molecule has 0 radical (unpaired) electrons. The highest BCUT2D eigenvalue weighted by Crippen LogP contribution is 2.25. The van der Waals surface area contributed by atoms with Crippen molar-refractivity contribution in [3.8, 4) is 0 Å². The third-order valence-electron chi connectivity index (χ3n) is 1.62. The van der Waals surface area contributed by atoms with Crippen LogP contribution in [0.4, 0.5) is 8.78 Å². The van der Waals surface area contributed by atoms with Crippen LogP contribution in [-0.2, 0) is 6.54 Å². The van der Waals surface area contributed by atoms with E-state index >= 15 is 0 Å². The summed E-state index contributed by atoms with van der Waals surface area (Å²) in [5, 5.41) is -0.0502. The van der Waals surface area contributed by atoms with Gasteiger partial charge in [0.15, 0.2) is 6.29 Å². The lowest BCUT2D eigenvalue weighted by molar-refractivity contribution is 0.110. The Morgan fingerprint density at radius 1 is 1.64 bits per heavy atom. The molecule has 0 aliphatic rings. The monoisotopic (exact) mass is 220 g/mol. The lowest BCUT2D eigenvalue weighted by Crippen LogP contribution is -2.06. The smallest absolute Gasteiger partial charge is 0.281 e. The molecular weight excluding hydrogens is 214 g/mol. The van der Waals surface area contributed by atoms with Crippen molar-refractivity contribution in [3.63, 3.8) is 0 Å². The first-order valence-electron chi connectivity index (χ1n) is 3.72. The van der Waals surface area contributed by atoms with E-state index in [9.17, 15) is 13.6 Å². The van der Waals surface area contributed by atoms with Gasteiger partial charge in [-0.05, 0) is 6.07 Å². The quantitative estimate of drug-likeness (QED) is 0.792. The molecular formula is C8H7ClF2N2O. The Morgan fingerprint density at radius 2 is 2.29 bits per heavy atom. The number of carbonyl (C=O) groups is 1. The molecule has 1 aromatic heterocycles. The summed E-state index contributed by atoms with van der Waals surface area (Å²) >= 11 is 5.60. The number of rotatable bonds is 3. The summed E-state index contributed by atoms with van der Waals surface area (Å²) in [7, 11) is 0. The van der Waals surface area contributed by atoms with E-state index in [1.165, 1.54) is 6.07 Å². The standard InChI is InChI=1S/C8H7ClF2N2O/c9-6-1-4(2-12)13-7(8(10)11)5(6)3-14/h1,3,8H,2,12H2. The first-order valence-corrected chi connectivity index (χ1v) is 4.10. The van der Waals surface area contributed by atoms with Crippen LogP contribution >= 0.6 is 11.6 Å². The van der Waals surface area contributed by atoms with Crippen LogP contribution < -0.4 is 5.73 Å². The molecule has 2 N–H and O–H groups in total. The second kappa shape index (κ2) is 4.43. The van der Waals surface area contributed by atoms with Crippen molar-refractivity contribution in [1.82, 2.24) is 4.98 Å². The van der Waals surface area contributed by atoms with Gasteiger partial charge in [0.05, 0.1) is 16.3 Å². The minimum Gasteiger partial charge on any atom is -0.325 e. The second-order valence-corrected chi connectivity index (χ2v) is 2.92. The highest BCUT2D eigenvalue weighted by molar-refractivity contribution is 6.33. The van der Waals surface area contributed by atoms with E-state index in [4.69, 9.17) is 17.3 Å². The van der Waals surface area contributed by atoms with E-state index in [2.05, 4.69) is 4.98 Å². The van der Waals surface area contributed by atoms with Gasteiger partial charge in [0.25, 0.3) is 6.43 Å². The topological polar surface area (TPSA) is 56.0 Å². The van der Waals surface area contributed by atoms with Crippen LogP contribution in [0.2, 0.25) is 5.02 Å². The van der Waals surface area contributed by atoms with Gasteiger partial charge in [-0.3, -0.25) is 4.79 Å². The number of aldehydes is 1. The molecule has 0 amide bonds. The Labute approximate surface area is 83.9 Å². The van der Waals surface area contributed by atoms with E-state index < -0.39 is 12.1 Å². The Bertz CT molecular complexity index is 357. The van der Waals surface area contributed by atoms with Crippen molar-refractivity contribution in [2.45, 2.75) is 13.0 Å². The summed E-state index contributed by atoms with van der Waals surface area (Å²) in [5.74, 6) is 0. The predicted octanol–water partition coefficient (Wildman–Crippen LogP) is 1.94. The lowest BCUT2D eigenvalue weighted by Gasteiger charge is -2.06. The number of pyridine rings is 1. The maximum Gasteiger partial charge on any atom is 0.281 e. The molecule has 0 atom stereocenters. The number of nitrogens with two attached hydrogens (primary N) is 1. The molecule has 0 unspecified atom stereocenters. The maximum absolute atomic E-state index is 12.4. The van der Waals surface area contributed by atoms with Gasteiger partial charge in [-0.2, -0.15) is 0 Å². The molecule has 1 heterocycles. The minimum atomic E-state index is -2.83. The van der Waals surface area contributed by atoms with Crippen LogP contribution in [-0.4, -0.2) is 11.3 Å². The summed E-state index contributed by atoms with van der Waals surface area (Å²) in [5.41, 5.74) is 4.56. The number of hydrogen-bond acceptors (Lipinski definition) is 3. The number of hydrogen-bond donors (Lipinski definition) is 1. The van der Waals surface area contributed by atoms with Crippen LogP contribution in [0.15, 0.2) is 6.07 Å². The van der Waals surface area contributed by atoms with Crippen LogP contribution in [0.3, 0.4) is 0 Å². The third-order valence-corrected chi connectivity index (χ3v) is 1.94. The summed E-state index contributed by atoms with van der Waals surface area (Å²) in [4.78, 5) is 14.0. The van der Waals surface area contributed by atoms with Gasteiger partial charge in [0.2, 0.25) is 0 Å². The highest BCUT2D eigenvalue weighted by atomic mass is 35.5. The molecule has 0 aliphatic heterocycles. The van der Waals surface area contributed by atoms with Gasteiger partial charge < -0.3 is 5.73 Å². The average Bonchev–Trinajstić information content (AvgIpc) is 2.16. The van der Waals surface area contributed by atoms with Gasteiger partial charge in [-0.15, -0.1) is 0 Å². The first-order chi connectivity index (χ1) is 6.60. The van der Waals surface area contributed by atoms with Crippen molar-refractivity contribution < 1.29 is 13.6 Å². The summed E-state index contributed by atoms with van der Waals surface area (Å²) in [6, 6.07) is 1.30. The van der Waals surface area contributed by atoms with Gasteiger partial charge >= 0.3 is 0 Å². The van der Waals surface area contributed by atoms with E-state index in [1.54, 1.807) is 0 Å². The second-order valence-electron chi connectivity index (χ2n) is 2.52. The Balaban J connectivity index is 3.35. The number of alkyl halides is 2. The fraction of sp³-hybridized carbons (Fsp3) is 0.250. The Hall–Kier alpha value is -1.07. The highest BCUT2D eigenvalue weighted by Gasteiger charge is 2.18. The summed E-state index contributed by atoms with van der Waals surface area (Å²) in [6.45, 7) is -0.00141. The summed E-state index contributed by atoms with van der Waals surface area (Å²) in [6.07, 6.45) is -2.57. The molecule has 0 saturated carbocycles. The van der Waals surface area contributed by atoms with Crippen LogP contribution in [0.5, 0.6) is 0 Å². The zero-order valence-electron chi connectivity index (χ0n) is 7.01. The molecule has 3 nitrogen and oxygen atoms in total. The molecule has 76 valence electrons. The molecule has 0 bridgehead atoms. The van der Waals surface area contributed by atoms with Gasteiger partial charge in [0, 0.05) is 6.54 Å². The van der Waals surface area contributed by atoms with Gasteiger partial charge in [-0.25, -0.2) is 13.8 Å². The van der Waals surface area contributed by atoms with E-state index in [0.717, 1.165) is 0 Å². The van der Waals surface area contributed by atoms with Crippen LogP contribution in [0.1, 0.15) is 28.2 Å². The zero-order chi connectivity index (χ0) is 10.7. The molecule has 0 saturated heterocycles. The van der Waals surface area contributed by atoms with E-state index in [0.29, 0.717) is 0 Å². The molecule has 0 aliphatic carbocycles. The zero-order valence-corrected chi connectivity index (χ0v) is 7.76. The largest absolute Gasteiger partial charge is 0.325 e. The molecule has 0 spiro atoms. The SMILES string of the molecule is NCc1cc(Cl)c(C=O)c(C(F)F)n1. The number of nitrogens with zero attached hydrogens (tertiary/aromatic N) is 1. The Kier molecular flexibility index (Phi) is 3.49. The van der Waals surface area contributed by atoms with Crippen LogP contribution in [0, 0.1) is 0 Å². The number of carbonyl (C=O) groups excluding carboxylic acids is 1. The molecule has 1 rings (SSSR count). The van der Waals surface area contributed by atoms with Crippen molar-refractivity contribution in [2.24, 2.45) is 5.73 Å². The normalized spacial score (nSPS) is 10.6. The van der Waals surface area contributed by atoms with Crippen molar-refractivity contribution >= 4 is 17.9 Å². The van der Waals surface area contributed by atoms with Crippen LogP contribution in [0.25, 0.3) is 0 Å². The number of halogens is 3. The van der Waals surface area contributed by atoms with Crippen molar-refractivity contribution in [3.05, 3.63) is 28.0 Å². The van der Waals surface area contributed by atoms with Crippen molar-refractivity contribution in [2.75, 3.05) is 0 Å². The molecule has 6 heteroatoms. The fourth-order valence-corrected chi connectivity index (χ4v) is 1.25. The molecule has 1 aromatic rings. The molecule has 0 aromatic carbocycles. The van der Waals surface area contributed by atoms with Gasteiger partial charge in [-0.1, -0.05) is 11.6 Å². The molecule has 0 fully saturated rings. The third kappa shape index (κ3) is 2.05. The Morgan fingerprint density at radius 3 is 2.71 bits per heavy atom. The lowest BCUT2D eigenvalue weighted by atomic mass is 10.2. The minimum absolute atomic E-state index is 0.00141. The van der Waals surface area contributed by atoms with E-state index in [1.807, 2.05) is 0 Å². The van der Waals surface area contributed by atoms with Gasteiger partial charge in [0.1, 0.15) is 5.69 Å². The maximum atomic E-state index is 12.4. The first kappa shape index (κ1) is 11.0. The number of aromatic nitrogens is 1. The fourth-order valence-electron chi connectivity index (χ4n) is 0.981. The molecule has 14 heavy (non-hydrogen) atoms. The van der Waals surface area contributed by atoms with Crippen molar-refractivity contribution in [1.29, 1.82) is 0 Å². The predicted molar refractivity (Wildman–Crippen MR) is 47.5 cm³/mol. The summed E-state index contributed by atoms with van der Waals surface area (Å²) < 4.78 is 24.8.